The lowest BCUT2D eigenvalue weighted by Gasteiger charge is -2.15. The Morgan fingerprint density at radius 3 is 2.53 bits per heavy atom. The number of rotatable bonds is 4. The molecule has 3 N–H and O–H groups in total. The lowest BCUT2D eigenvalue weighted by atomic mass is 10.1. The van der Waals surface area contributed by atoms with Crippen LogP contribution in [0.2, 0.25) is 5.02 Å². The van der Waals surface area contributed by atoms with Crippen LogP contribution in [0.5, 0.6) is 11.5 Å². The summed E-state index contributed by atoms with van der Waals surface area (Å²) in [6, 6.07) is 12.6. The number of hydrogen-bond acceptors (Lipinski definition) is 3. The van der Waals surface area contributed by atoms with Crippen LogP contribution in [0, 0.1) is 0 Å². The van der Waals surface area contributed by atoms with Crippen molar-refractivity contribution in [2.24, 2.45) is 0 Å². The molecule has 0 saturated heterocycles. The molecule has 0 aliphatic rings. The smallest absolute Gasteiger partial charge is 0.157 e. The van der Waals surface area contributed by atoms with Crippen LogP contribution in [-0.4, -0.2) is 10.2 Å². The van der Waals surface area contributed by atoms with Crippen molar-refractivity contribution in [1.82, 2.24) is 5.32 Å². The molecule has 0 amide bonds. The van der Waals surface area contributed by atoms with E-state index in [1.54, 1.807) is 12.1 Å². The van der Waals surface area contributed by atoms with Gasteiger partial charge in [-0.25, -0.2) is 0 Å². The van der Waals surface area contributed by atoms with E-state index < -0.39 is 0 Å². The SMILES string of the molecule is C[C@H](NCc1ccc(O)c(O)c1)c1ccccc1Cl. The van der Waals surface area contributed by atoms with E-state index in [9.17, 15) is 10.2 Å². The average molecular weight is 278 g/mol. The number of hydrogen-bond donors (Lipinski definition) is 3. The summed E-state index contributed by atoms with van der Waals surface area (Å²) in [5.41, 5.74) is 1.93. The summed E-state index contributed by atoms with van der Waals surface area (Å²) in [5, 5.41) is 22.7. The number of nitrogens with one attached hydrogen (secondary N) is 1. The van der Waals surface area contributed by atoms with Gasteiger partial charge in [0.05, 0.1) is 0 Å². The van der Waals surface area contributed by atoms with E-state index in [0.717, 1.165) is 16.1 Å². The maximum atomic E-state index is 9.43. The Labute approximate surface area is 117 Å². The summed E-state index contributed by atoms with van der Waals surface area (Å²) >= 11 is 6.13. The topological polar surface area (TPSA) is 52.5 Å². The van der Waals surface area contributed by atoms with Crippen molar-refractivity contribution in [3.8, 4) is 11.5 Å². The molecule has 0 fully saturated rings. The van der Waals surface area contributed by atoms with Crippen LogP contribution in [-0.2, 0) is 6.54 Å². The third kappa shape index (κ3) is 3.40. The fraction of sp³-hybridized carbons (Fsp3) is 0.200. The normalized spacial score (nSPS) is 12.3. The maximum absolute atomic E-state index is 9.43. The molecule has 0 heterocycles. The summed E-state index contributed by atoms with van der Waals surface area (Å²) in [6.45, 7) is 2.61. The van der Waals surface area contributed by atoms with Gasteiger partial charge in [0.2, 0.25) is 0 Å². The van der Waals surface area contributed by atoms with Crippen molar-refractivity contribution in [3.05, 3.63) is 58.6 Å². The zero-order valence-electron chi connectivity index (χ0n) is 10.6. The zero-order chi connectivity index (χ0) is 13.8. The van der Waals surface area contributed by atoms with Crippen LogP contribution in [0.1, 0.15) is 24.1 Å². The molecule has 0 saturated carbocycles. The number of aromatic hydroxyl groups is 2. The molecule has 1 atom stereocenters. The molecule has 4 heteroatoms. The molecule has 2 rings (SSSR count). The van der Waals surface area contributed by atoms with Crippen LogP contribution < -0.4 is 5.32 Å². The van der Waals surface area contributed by atoms with Crippen molar-refractivity contribution in [1.29, 1.82) is 0 Å². The van der Waals surface area contributed by atoms with Crippen molar-refractivity contribution < 1.29 is 10.2 Å². The van der Waals surface area contributed by atoms with Crippen LogP contribution in [0.25, 0.3) is 0 Å². The summed E-state index contributed by atoms with van der Waals surface area (Å²) in [6.07, 6.45) is 0. The Bertz CT molecular complexity index is 572. The molecular formula is C15H16ClNO2. The summed E-state index contributed by atoms with van der Waals surface area (Å²) in [7, 11) is 0. The lowest BCUT2D eigenvalue weighted by molar-refractivity contribution is 0.402. The summed E-state index contributed by atoms with van der Waals surface area (Å²) in [5.74, 6) is -0.215. The minimum absolute atomic E-state index is 0.102. The van der Waals surface area contributed by atoms with Crippen molar-refractivity contribution in [2.75, 3.05) is 0 Å². The predicted octanol–water partition coefficient (Wildman–Crippen LogP) is 3.60. The quantitative estimate of drug-likeness (QED) is 0.749. The Morgan fingerprint density at radius 1 is 1.11 bits per heavy atom. The molecule has 0 radical (unpaired) electrons. The van der Waals surface area contributed by atoms with Gasteiger partial charge in [0.25, 0.3) is 0 Å². The Balaban J connectivity index is 2.02. The van der Waals surface area contributed by atoms with E-state index in [2.05, 4.69) is 5.32 Å². The van der Waals surface area contributed by atoms with Gasteiger partial charge in [-0.1, -0.05) is 35.9 Å². The molecule has 2 aromatic carbocycles. The number of halogens is 1. The molecule has 2 aromatic rings. The molecular weight excluding hydrogens is 262 g/mol. The average Bonchev–Trinajstić information content (AvgIpc) is 2.40. The van der Waals surface area contributed by atoms with Crippen molar-refractivity contribution >= 4 is 11.6 Å². The first-order valence-electron chi connectivity index (χ1n) is 6.06. The first-order chi connectivity index (χ1) is 9.08. The molecule has 0 aliphatic heterocycles. The van der Waals surface area contributed by atoms with Gasteiger partial charge in [-0.05, 0) is 36.2 Å². The fourth-order valence-electron chi connectivity index (χ4n) is 1.89. The van der Waals surface area contributed by atoms with E-state index in [-0.39, 0.29) is 17.5 Å². The number of phenols is 2. The molecule has 0 aromatic heterocycles. The summed E-state index contributed by atoms with van der Waals surface area (Å²) < 4.78 is 0. The van der Waals surface area contributed by atoms with Gasteiger partial charge in [-0.2, -0.15) is 0 Å². The molecule has 100 valence electrons. The second-order valence-corrected chi connectivity index (χ2v) is 4.85. The van der Waals surface area contributed by atoms with E-state index >= 15 is 0 Å². The largest absolute Gasteiger partial charge is 0.504 e. The molecule has 19 heavy (non-hydrogen) atoms. The van der Waals surface area contributed by atoms with Gasteiger partial charge >= 0.3 is 0 Å². The molecule has 0 spiro atoms. The molecule has 0 unspecified atom stereocenters. The van der Waals surface area contributed by atoms with Crippen LogP contribution >= 0.6 is 11.6 Å². The van der Waals surface area contributed by atoms with Crippen LogP contribution in [0.15, 0.2) is 42.5 Å². The van der Waals surface area contributed by atoms with E-state index in [4.69, 9.17) is 11.6 Å². The van der Waals surface area contributed by atoms with Crippen molar-refractivity contribution in [3.63, 3.8) is 0 Å². The van der Waals surface area contributed by atoms with Crippen molar-refractivity contribution in [2.45, 2.75) is 19.5 Å². The van der Waals surface area contributed by atoms with Gasteiger partial charge in [-0.15, -0.1) is 0 Å². The number of benzene rings is 2. The standard InChI is InChI=1S/C15H16ClNO2/c1-10(12-4-2-3-5-13(12)16)17-9-11-6-7-14(18)15(19)8-11/h2-8,10,17-19H,9H2,1H3/t10-/m0/s1. The summed E-state index contributed by atoms with van der Waals surface area (Å²) in [4.78, 5) is 0. The van der Waals surface area contributed by atoms with Crippen LogP contribution in [0.4, 0.5) is 0 Å². The fourth-order valence-corrected chi connectivity index (χ4v) is 2.19. The van der Waals surface area contributed by atoms with E-state index in [0.29, 0.717) is 6.54 Å². The van der Waals surface area contributed by atoms with Crippen LogP contribution in [0.3, 0.4) is 0 Å². The molecule has 0 aliphatic carbocycles. The van der Waals surface area contributed by atoms with Gasteiger partial charge < -0.3 is 15.5 Å². The Morgan fingerprint density at radius 2 is 1.84 bits per heavy atom. The first-order valence-corrected chi connectivity index (χ1v) is 6.44. The Kier molecular flexibility index (Phi) is 4.30. The maximum Gasteiger partial charge on any atom is 0.157 e. The van der Waals surface area contributed by atoms with Gasteiger partial charge in [0.1, 0.15) is 0 Å². The monoisotopic (exact) mass is 277 g/mol. The lowest BCUT2D eigenvalue weighted by Crippen LogP contribution is -2.18. The second kappa shape index (κ2) is 5.95. The van der Waals surface area contributed by atoms with E-state index in [1.807, 2.05) is 31.2 Å². The third-order valence-electron chi connectivity index (χ3n) is 3.02. The molecule has 3 nitrogen and oxygen atoms in total. The minimum Gasteiger partial charge on any atom is -0.504 e. The second-order valence-electron chi connectivity index (χ2n) is 4.45. The molecule has 0 bridgehead atoms. The highest BCUT2D eigenvalue weighted by molar-refractivity contribution is 6.31. The van der Waals surface area contributed by atoms with Gasteiger partial charge in [0, 0.05) is 17.6 Å². The number of phenolic OH excluding ortho intramolecular Hbond substituents is 2. The first kappa shape index (κ1) is 13.7. The Hall–Kier alpha value is -1.71. The zero-order valence-corrected chi connectivity index (χ0v) is 11.4. The minimum atomic E-state index is -0.108. The van der Waals surface area contributed by atoms with E-state index in [1.165, 1.54) is 6.07 Å². The third-order valence-corrected chi connectivity index (χ3v) is 3.37. The highest BCUT2D eigenvalue weighted by atomic mass is 35.5. The van der Waals surface area contributed by atoms with Gasteiger partial charge in [-0.3, -0.25) is 0 Å². The highest BCUT2D eigenvalue weighted by Gasteiger charge is 2.08. The predicted molar refractivity (Wildman–Crippen MR) is 76.5 cm³/mol. The van der Waals surface area contributed by atoms with Gasteiger partial charge in [0.15, 0.2) is 11.5 Å². The highest BCUT2D eigenvalue weighted by Crippen LogP contribution is 2.26.